The van der Waals surface area contributed by atoms with E-state index in [1.165, 1.54) is 11.1 Å². The van der Waals surface area contributed by atoms with E-state index in [2.05, 4.69) is 23.5 Å². The average Bonchev–Trinajstić information content (AvgIpc) is 3.05. The molecule has 4 nitrogen and oxygen atoms in total. The van der Waals surface area contributed by atoms with E-state index in [1.807, 2.05) is 37.3 Å². The summed E-state index contributed by atoms with van der Waals surface area (Å²) in [7, 11) is 0. The molecule has 1 aliphatic carbocycles. The van der Waals surface area contributed by atoms with Crippen molar-refractivity contribution in [3.8, 4) is 0 Å². The first-order chi connectivity index (χ1) is 12.6. The first-order valence-electron chi connectivity index (χ1n) is 9.37. The van der Waals surface area contributed by atoms with Crippen LogP contribution in [0.4, 0.5) is 5.69 Å². The zero-order valence-electron chi connectivity index (χ0n) is 15.1. The van der Waals surface area contributed by atoms with Gasteiger partial charge in [0.05, 0.1) is 12.0 Å². The maximum atomic E-state index is 12.8. The lowest BCUT2D eigenvalue weighted by atomic mass is 9.87. The first kappa shape index (κ1) is 16.8. The van der Waals surface area contributed by atoms with Crippen LogP contribution in [0.2, 0.25) is 0 Å². The van der Waals surface area contributed by atoms with Gasteiger partial charge in [0.25, 0.3) is 0 Å². The number of anilines is 1. The Balaban J connectivity index is 1.45. The number of carbonyl (C=O) groups is 2. The summed E-state index contributed by atoms with van der Waals surface area (Å²) in [6, 6.07) is 16.3. The molecule has 2 aromatic rings. The Morgan fingerprint density at radius 1 is 1.12 bits per heavy atom. The molecule has 4 rings (SSSR count). The molecule has 0 unspecified atom stereocenters. The SMILES string of the molecule is Cc1ccc(N2C[C@@H](C(=O)N[C@@H]3CCCc4ccccc43)CC2=O)cc1. The number of hydrogen-bond donors (Lipinski definition) is 1. The molecule has 1 fully saturated rings. The maximum absolute atomic E-state index is 12.8. The number of aryl methyl sites for hydroxylation is 2. The molecule has 2 atom stereocenters. The van der Waals surface area contributed by atoms with Crippen LogP contribution in [0.3, 0.4) is 0 Å². The summed E-state index contributed by atoms with van der Waals surface area (Å²) in [5.74, 6) is -0.259. The number of benzene rings is 2. The number of fused-ring (bicyclic) bond motifs is 1. The van der Waals surface area contributed by atoms with Crippen LogP contribution in [0, 0.1) is 12.8 Å². The van der Waals surface area contributed by atoms with Gasteiger partial charge in [-0.15, -0.1) is 0 Å². The Morgan fingerprint density at radius 2 is 1.88 bits per heavy atom. The van der Waals surface area contributed by atoms with Gasteiger partial charge >= 0.3 is 0 Å². The van der Waals surface area contributed by atoms with Gasteiger partial charge in [0.15, 0.2) is 0 Å². The van der Waals surface area contributed by atoms with Crippen LogP contribution >= 0.6 is 0 Å². The fourth-order valence-electron chi connectivity index (χ4n) is 4.05. The molecule has 1 saturated heterocycles. The van der Waals surface area contributed by atoms with Gasteiger partial charge in [-0.3, -0.25) is 9.59 Å². The molecule has 1 heterocycles. The number of amides is 2. The second-order valence-electron chi connectivity index (χ2n) is 7.39. The third kappa shape index (κ3) is 3.24. The van der Waals surface area contributed by atoms with E-state index in [-0.39, 0.29) is 30.2 Å². The maximum Gasteiger partial charge on any atom is 0.227 e. The third-order valence-electron chi connectivity index (χ3n) is 5.53. The third-order valence-corrected chi connectivity index (χ3v) is 5.53. The molecular formula is C22H24N2O2. The standard InChI is InChI=1S/C22H24N2O2/c1-15-9-11-18(12-10-15)24-14-17(13-21(24)25)22(26)23-20-8-4-6-16-5-2-3-7-19(16)20/h2-3,5,7,9-12,17,20H,4,6,8,13-14H2,1H3,(H,23,26)/t17-,20+/m0/s1. The van der Waals surface area contributed by atoms with Crippen molar-refractivity contribution in [2.75, 3.05) is 11.4 Å². The Labute approximate surface area is 154 Å². The van der Waals surface area contributed by atoms with E-state index >= 15 is 0 Å². The van der Waals surface area contributed by atoms with Gasteiger partial charge in [0.1, 0.15) is 0 Å². The number of hydrogen-bond acceptors (Lipinski definition) is 2. The second-order valence-corrected chi connectivity index (χ2v) is 7.39. The molecule has 1 N–H and O–H groups in total. The molecule has 2 amide bonds. The molecular weight excluding hydrogens is 324 g/mol. The minimum atomic E-state index is -0.280. The molecule has 0 aromatic heterocycles. The molecule has 4 heteroatoms. The van der Waals surface area contributed by atoms with E-state index in [1.54, 1.807) is 4.90 Å². The Hall–Kier alpha value is -2.62. The Morgan fingerprint density at radius 3 is 2.69 bits per heavy atom. The predicted octanol–water partition coefficient (Wildman–Crippen LogP) is 3.54. The normalized spacial score (nSPS) is 22.2. The minimum absolute atomic E-state index is 0.00494. The van der Waals surface area contributed by atoms with Crippen molar-refractivity contribution in [3.63, 3.8) is 0 Å². The summed E-state index contributed by atoms with van der Waals surface area (Å²) in [6.45, 7) is 2.48. The fraction of sp³-hybridized carbons (Fsp3) is 0.364. The highest BCUT2D eigenvalue weighted by Gasteiger charge is 2.36. The van der Waals surface area contributed by atoms with Crippen LogP contribution < -0.4 is 10.2 Å². The lowest BCUT2D eigenvalue weighted by Gasteiger charge is -2.27. The van der Waals surface area contributed by atoms with Crippen molar-refractivity contribution >= 4 is 17.5 Å². The minimum Gasteiger partial charge on any atom is -0.349 e. The van der Waals surface area contributed by atoms with Gasteiger partial charge in [-0.25, -0.2) is 0 Å². The summed E-state index contributed by atoms with van der Waals surface area (Å²) in [6.07, 6.45) is 3.41. The monoisotopic (exact) mass is 348 g/mol. The topological polar surface area (TPSA) is 49.4 Å². The summed E-state index contributed by atoms with van der Waals surface area (Å²) in [5.41, 5.74) is 4.59. The van der Waals surface area contributed by atoms with Crippen LogP contribution in [0.25, 0.3) is 0 Å². The van der Waals surface area contributed by atoms with Gasteiger partial charge in [0, 0.05) is 18.7 Å². The fourth-order valence-corrected chi connectivity index (χ4v) is 4.05. The second kappa shape index (κ2) is 6.94. The first-order valence-corrected chi connectivity index (χ1v) is 9.37. The highest BCUT2D eigenvalue weighted by atomic mass is 16.2. The summed E-state index contributed by atoms with van der Waals surface area (Å²) in [4.78, 5) is 27.0. The zero-order chi connectivity index (χ0) is 18.1. The molecule has 2 aliphatic rings. The molecule has 0 bridgehead atoms. The van der Waals surface area contributed by atoms with Crippen LogP contribution in [0.15, 0.2) is 48.5 Å². The number of nitrogens with zero attached hydrogens (tertiary/aromatic N) is 1. The lowest BCUT2D eigenvalue weighted by molar-refractivity contribution is -0.127. The van der Waals surface area contributed by atoms with E-state index in [0.29, 0.717) is 6.54 Å². The molecule has 0 radical (unpaired) electrons. The van der Waals surface area contributed by atoms with Gasteiger partial charge in [0.2, 0.25) is 11.8 Å². The summed E-state index contributed by atoms with van der Waals surface area (Å²) < 4.78 is 0. The van der Waals surface area contributed by atoms with Crippen molar-refractivity contribution in [2.24, 2.45) is 5.92 Å². The van der Waals surface area contributed by atoms with Crippen molar-refractivity contribution in [1.29, 1.82) is 0 Å². The Kier molecular flexibility index (Phi) is 4.49. The number of nitrogens with one attached hydrogen (secondary N) is 1. The van der Waals surface area contributed by atoms with Crippen LogP contribution in [0.1, 0.15) is 42.0 Å². The Bertz CT molecular complexity index is 828. The zero-order valence-corrected chi connectivity index (χ0v) is 15.1. The van der Waals surface area contributed by atoms with Crippen LogP contribution in [-0.2, 0) is 16.0 Å². The summed E-state index contributed by atoms with van der Waals surface area (Å²) in [5, 5.41) is 3.20. The molecule has 0 saturated carbocycles. The van der Waals surface area contributed by atoms with E-state index in [4.69, 9.17) is 0 Å². The van der Waals surface area contributed by atoms with Crippen molar-refractivity contribution in [2.45, 2.75) is 38.6 Å². The molecule has 1 aliphatic heterocycles. The summed E-state index contributed by atoms with van der Waals surface area (Å²) >= 11 is 0. The predicted molar refractivity (Wildman–Crippen MR) is 102 cm³/mol. The van der Waals surface area contributed by atoms with E-state index < -0.39 is 0 Å². The van der Waals surface area contributed by atoms with Gasteiger partial charge in [-0.05, 0) is 49.4 Å². The largest absolute Gasteiger partial charge is 0.349 e. The average molecular weight is 348 g/mol. The van der Waals surface area contributed by atoms with Crippen molar-refractivity contribution in [3.05, 3.63) is 65.2 Å². The molecule has 134 valence electrons. The van der Waals surface area contributed by atoms with E-state index in [0.717, 1.165) is 30.5 Å². The number of carbonyl (C=O) groups excluding carboxylic acids is 2. The quantitative estimate of drug-likeness (QED) is 0.922. The lowest BCUT2D eigenvalue weighted by Crippen LogP contribution is -2.36. The van der Waals surface area contributed by atoms with Gasteiger partial charge < -0.3 is 10.2 Å². The molecule has 2 aromatic carbocycles. The number of rotatable bonds is 3. The van der Waals surface area contributed by atoms with Gasteiger partial charge in [-0.1, -0.05) is 42.0 Å². The highest BCUT2D eigenvalue weighted by Crippen LogP contribution is 2.31. The van der Waals surface area contributed by atoms with Crippen LogP contribution in [-0.4, -0.2) is 18.4 Å². The molecule has 0 spiro atoms. The van der Waals surface area contributed by atoms with Crippen molar-refractivity contribution in [1.82, 2.24) is 5.32 Å². The van der Waals surface area contributed by atoms with Crippen molar-refractivity contribution < 1.29 is 9.59 Å². The van der Waals surface area contributed by atoms with E-state index in [9.17, 15) is 9.59 Å². The van der Waals surface area contributed by atoms with Gasteiger partial charge in [-0.2, -0.15) is 0 Å². The molecule has 26 heavy (non-hydrogen) atoms. The van der Waals surface area contributed by atoms with Crippen LogP contribution in [0.5, 0.6) is 0 Å². The highest BCUT2D eigenvalue weighted by molar-refractivity contribution is 6.00. The smallest absolute Gasteiger partial charge is 0.227 e.